The van der Waals surface area contributed by atoms with Crippen LogP contribution in [0.25, 0.3) is 0 Å². The Morgan fingerprint density at radius 2 is 1.91 bits per heavy atom. The van der Waals surface area contributed by atoms with Gasteiger partial charge in [0, 0.05) is 17.0 Å². The van der Waals surface area contributed by atoms with Crippen LogP contribution in [0, 0.1) is 0 Å². The van der Waals surface area contributed by atoms with Gasteiger partial charge < -0.3 is 10.4 Å². The Kier molecular flexibility index (Phi) is 7.23. The number of rotatable bonds is 8. The Hall–Kier alpha value is -1.70. The Bertz CT molecular complexity index is 520. The van der Waals surface area contributed by atoms with Gasteiger partial charge in [-0.1, -0.05) is 12.5 Å². The molecule has 1 amide bonds. The standard InChI is InChI=1S/C14H16F3NO3S/c15-14(16,17)13(21)18-10-5-4-6-11(9-10)22-8-3-1-2-7-12(19)20/h4-6,9H,1-3,7-8H2,(H,18,21)(H,19,20). The van der Waals surface area contributed by atoms with Crippen LogP contribution in [0.1, 0.15) is 25.7 Å². The second-order valence-electron chi connectivity index (χ2n) is 4.53. The van der Waals surface area contributed by atoms with E-state index in [9.17, 15) is 22.8 Å². The van der Waals surface area contributed by atoms with Gasteiger partial charge in [-0.2, -0.15) is 13.2 Å². The zero-order chi connectivity index (χ0) is 16.6. The number of benzene rings is 1. The van der Waals surface area contributed by atoms with Gasteiger partial charge in [0.2, 0.25) is 0 Å². The minimum absolute atomic E-state index is 0.0956. The topological polar surface area (TPSA) is 66.4 Å². The van der Waals surface area contributed by atoms with Gasteiger partial charge >= 0.3 is 18.1 Å². The number of alkyl halides is 3. The number of nitrogens with one attached hydrogen (secondary N) is 1. The average Bonchev–Trinajstić information content (AvgIpc) is 2.41. The van der Waals surface area contributed by atoms with E-state index < -0.39 is 18.1 Å². The number of carbonyl (C=O) groups excluding carboxylic acids is 1. The quantitative estimate of drug-likeness (QED) is 0.558. The van der Waals surface area contributed by atoms with Crippen molar-refractivity contribution in [1.29, 1.82) is 0 Å². The molecule has 0 unspecified atom stereocenters. The lowest BCUT2D eigenvalue weighted by Gasteiger charge is -2.09. The molecule has 2 N–H and O–H groups in total. The second-order valence-corrected chi connectivity index (χ2v) is 5.70. The van der Waals surface area contributed by atoms with Crippen LogP contribution in [0.4, 0.5) is 18.9 Å². The maximum Gasteiger partial charge on any atom is 0.471 e. The third-order valence-electron chi connectivity index (χ3n) is 2.65. The third-order valence-corrected chi connectivity index (χ3v) is 3.73. The van der Waals surface area contributed by atoms with E-state index in [0.29, 0.717) is 6.42 Å². The van der Waals surface area contributed by atoms with E-state index in [0.717, 1.165) is 23.5 Å². The van der Waals surface area contributed by atoms with Crippen molar-refractivity contribution in [3.05, 3.63) is 24.3 Å². The van der Waals surface area contributed by atoms with Crippen molar-refractivity contribution < 1.29 is 27.9 Å². The molecule has 0 aliphatic rings. The van der Waals surface area contributed by atoms with Gasteiger partial charge in [-0.15, -0.1) is 11.8 Å². The number of unbranched alkanes of at least 4 members (excludes halogenated alkanes) is 2. The van der Waals surface area contributed by atoms with Gasteiger partial charge in [0.05, 0.1) is 0 Å². The summed E-state index contributed by atoms with van der Waals surface area (Å²) >= 11 is 1.45. The van der Waals surface area contributed by atoms with E-state index >= 15 is 0 Å². The molecule has 0 saturated carbocycles. The lowest BCUT2D eigenvalue weighted by molar-refractivity contribution is -0.167. The predicted molar refractivity (Wildman–Crippen MR) is 78.0 cm³/mol. The normalized spacial score (nSPS) is 11.2. The van der Waals surface area contributed by atoms with E-state index in [-0.39, 0.29) is 12.1 Å². The monoisotopic (exact) mass is 335 g/mol. The molecule has 22 heavy (non-hydrogen) atoms. The first-order valence-corrected chi connectivity index (χ1v) is 7.60. The van der Waals surface area contributed by atoms with Gasteiger partial charge in [-0.3, -0.25) is 9.59 Å². The number of aliphatic carboxylic acids is 1. The number of carboxylic acid groups (broad SMARTS) is 1. The van der Waals surface area contributed by atoms with Gasteiger partial charge in [-0.25, -0.2) is 0 Å². The van der Waals surface area contributed by atoms with E-state index in [2.05, 4.69) is 0 Å². The first kappa shape index (κ1) is 18.3. The molecule has 0 spiro atoms. The van der Waals surface area contributed by atoms with E-state index in [1.807, 2.05) is 0 Å². The van der Waals surface area contributed by atoms with Crippen molar-refractivity contribution in [1.82, 2.24) is 0 Å². The number of halogens is 3. The summed E-state index contributed by atoms with van der Waals surface area (Å²) in [6.45, 7) is 0. The third kappa shape index (κ3) is 7.35. The molecule has 0 bridgehead atoms. The highest BCUT2D eigenvalue weighted by Crippen LogP contribution is 2.24. The zero-order valence-corrected chi connectivity index (χ0v) is 12.5. The molecule has 1 aromatic rings. The number of amides is 1. The second kappa shape index (κ2) is 8.67. The molecule has 0 aliphatic heterocycles. The Morgan fingerprint density at radius 3 is 2.55 bits per heavy atom. The molecular formula is C14H16F3NO3S. The summed E-state index contributed by atoms with van der Waals surface area (Å²) in [7, 11) is 0. The highest BCUT2D eigenvalue weighted by Gasteiger charge is 2.38. The number of carboxylic acids is 1. The van der Waals surface area contributed by atoms with Crippen LogP contribution >= 0.6 is 11.8 Å². The fourth-order valence-electron chi connectivity index (χ4n) is 1.61. The molecule has 0 atom stereocenters. The first-order chi connectivity index (χ1) is 10.3. The molecule has 1 aromatic carbocycles. The van der Waals surface area contributed by atoms with Crippen LogP contribution in [-0.2, 0) is 9.59 Å². The summed E-state index contributed by atoms with van der Waals surface area (Å²) in [5.74, 6) is -2.08. The highest BCUT2D eigenvalue weighted by atomic mass is 32.2. The van der Waals surface area contributed by atoms with Crippen molar-refractivity contribution in [2.24, 2.45) is 0 Å². The fraction of sp³-hybridized carbons (Fsp3) is 0.429. The van der Waals surface area contributed by atoms with Crippen molar-refractivity contribution in [2.45, 2.75) is 36.8 Å². The van der Waals surface area contributed by atoms with Crippen LogP contribution < -0.4 is 5.32 Å². The van der Waals surface area contributed by atoms with Crippen LogP contribution in [0.5, 0.6) is 0 Å². The molecule has 0 radical (unpaired) electrons. The summed E-state index contributed by atoms with van der Waals surface area (Å²) < 4.78 is 36.5. The fourth-order valence-corrected chi connectivity index (χ4v) is 2.58. The smallest absolute Gasteiger partial charge is 0.471 e. The van der Waals surface area contributed by atoms with Crippen molar-refractivity contribution in [3.63, 3.8) is 0 Å². The van der Waals surface area contributed by atoms with Crippen molar-refractivity contribution in [3.8, 4) is 0 Å². The number of anilines is 1. The molecular weight excluding hydrogens is 319 g/mol. The summed E-state index contributed by atoms with van der Waals surface area (Å²) in [5, 5.41) is 10.3. The maximum absolute atomic E-state index is 12.2. The lowest BCUT2D eigenvalue weighted by atomic mass is 10.2. The predicted octanol–water partition coefficient (Wildman–Crippen LogP) is 3.92. The van der Waals surface area contributed by atoms with E-state index in [1.165, 1.54) is 23.9 Å². The number of carbonyl (C=O) groups is 2. The number of thioether (sulfide) groups is 1. The zero-order valence-electron chi connectivity index (χ0n) is 11.7. The van der Waals surface area contributed by atoms with Crippen LogP contribution in [0.3, 0.4) is 0 Å². The molecule has 122 valence electrons. The average molecular weight is 335 g/mol. The largest absolute Gasteiger partial charge is 0.481 e. The van der Waals surface area contributed by atoms with Gasteiger partial charge in [0.1, 0.15) is 0 Å². The molecule has 0 fully saturated rings. The van der Waals surface area contributed by atoms with Crippen LogP contribution in [0.15, 0.2) is 29.2 Å². The lowest BCUT2D eigenvalue weighted by Crippen LogP contribution is -2.29. The van der Waals surface area contributed by atoms with Gasteiger partial charge in [0.15, 0.2) is 0 Å². The van der Waals surface area contributed by atoms with Crippen molar-refractivity contribution in [2.75, 3.05) is 11.1 Å². The summed E-state index contributed by atoms with van der Waals surface area (Å²) in [5.41, 5.74) is 0.0956. The maximum atomic E-state index is 12.2. The van der Waals surface area contributed by atoms with Crippen molar-refractivity contribution >= 4 is 29.3 Å². The van der Waals surface area contributed by atoms with Gasteiger partial charge in [0.25, 0.3) is 0 Å². The van der Waals surface area contributed by atoms with Crippen LogP contribution in [-0.4, -0.2) is 28.9 Å². The first-order valence-electron chi connectivity index (χ1n) is 6.62. The molecule has 8 heteroatoms. The summed E-state index contributed by atoms with van der Waals surface area (Å²) in [4.78, 5) is 21.9. The van der Waals surface area contributed by atoms with E-state index in [4.69, 9.17) is 5.11 Å². The molecule has 0 aliphatic carbocycles. The SMILES string of the molecule is O=C(O)CCCCCSc1cccc(NC(=O)C(F)(F)F)c1. The summed E-state index contributed by atoms with van der Waals surface area (Å²) in [6.07, 6.45) is -2.56. The Balaban J connectivity index is 2.38. The summed E-state index contributed by atoms with van der Waals surface area (Å²) in [6, 6.07) is 6.18. The molecule has 4 nitrogen and oxygen atoms in total. The minimum atomic E-state index is -4.91. The molecule has 0 heterocycles. The Labute approximate surface area is 130 Å². The highest BCUT2D eigenvalue weighted by molar-refractivity contribution is 7.99. The van der Waals surface area contributed by atoms with E-state index in [1.54, 1.807) is 17.4 Å². The van der Waals surface area contributed by atoms with Gasteiger partial charge in [-0.05, 0) is 36.8 Å². The molecule has 0 aromatic heterocycles. The molecule has 0 saturated heterocycles. The Morgan fingerprint density at radius 1 is 1.18 bits per heavy atom. The number of hydrogen-bond donors (Lipinski definition) is 2. The minimum Gasteiger partial charge on any atom is -0.481 e. The molecule has 1 rings (SSSR count). The number of hydrogen-bond acceptors (Lipinski definition) is 3. The van der Waals surface area contributed by atoms with Crippen LogP contribution in [0.2, 0.25) is 0 Å².